The van der Waals surface area contributed by atoms with Crippen LogP contribution in [0.25, 0.3) is 0 Å². The zero-order valence-electron chi connectivity index (χ0n) is 21.8. The van der Waals surface area contributed by atoms with E-state index < -0.39 is 28.5 Å². The van der Waals surface area contributed by atoms with Gasteiger partial charge < -0.3 is 15.0 Å². The lowest BCUT2D eigenvalue weighted by Gasteiger charge is -2.32. The van der Waals surface area contributed by atoms with Gasteiger partial charge in [0.1, 0.15) is 18.3 Å². The zero-order chi connectivity index (χ0) is 27.9. The molecule has 0 heterocycles. The number of methoxy groups -OCH3 is 1. The maximum Gasteiger partial charge on any atom is 0.264 e. The number of anilines is 1. The predicted molar refractivity (Wildman–Crippen MR) is 149 cm³/mol. The van der Waals surface area contributed by atoms with Crippen molar-refractivity contribution in [3.63, 3.8) is 0 Å². The van der Waals surface area contributed by atoms with E-state index >= 15 is 0 Å². The monoisotopic (exact) mass is 557 g/mol. The Balaban J connectivity index is 2.04. The summed E-state index contributed by atoms with van der Waals surface area (Å²) in [5.41, 5.74) is 1.90. The first-order valence-corrected chi connectivity index (χ1v) is 13.9. The fraction of sp³-hybridized carbons (Fsp3) is 0.286. The zero-order valence-corrected chi connectivity index (χ0v) is 23.4. The molecule has 3 aromatic rings. The summed E-state index contributed by atoms with van der Waals surface area (Å²) in [7, 11) is -2.67. The molecule has 38 heavy (non-hydrogen) atoms. The van der Waals surface area contributed by atoms with Gasteiger partial charge in [-0.15, -0.1) is 0 Å². The summed E-state index contributed by atoms with van der Waals surface area (Å²) in [4.78, 5) is 28.0. The minimum Gasteiger partial charge on any atom is -0.497 e. The maximum absolute atomic E-state index is 13.8. The van der Waals surface area contributed by atoms with E-state index in [0.29, 0.717) is 17.3 Å². The number of nitrogens with zero attached hydrogens (tertiary/aromatic N) is 2. The summed E-state index contributed by atoms with van der Waals surface area (Å²) in [6.45, 7) is 5.21. The van der Waals surface area contributed by atoms with Crippen molar-refractivity contribution < 1.29 is 22.7 Å². The molecule has 0 spiro atoms. The summed E-state index contributed by atoms with van der Waals surface area (Å²) >= 11 is 6.02. The number of nitrogens with one attached hydrogen (secondary N) is 1. The van der Waals surface area contributed by atoms with Crippen LogP contribution in [0.3, 0.4) is 0 Å². The number of hydrogen-bond donors (Lipinski definition) is 1. The molecule has 3 rings (SSSR count). The summed E-state index contributed by atoms with van der Waals surface area (Å²) in [5.74, 6) is -0.450. The number of benzene rings is 3. The third kappa shape index (κ3) is 7.05. The normalized spacial score (nSPS) is 11.9. The summed E-state index contributed by atoms with van der Waals surface area (Å²) < 4.78 is 34.0. The average Bonchev–Trinajstić information content (AvgIpc) is 2.91. The van der Waals surface area contributed by atoms with Gasteiger partial charge in [0.05, 0.1) is 17.7 Å². The third-order valence-corrected chi connectivity index (χ3v) is 8.05. The van der Waals surface area contributed by atoms with E-state index in [1.54, 1.807) is 74.5 Å². The van der Waals surface area contributed by atoms with Gasteiger partial charge in [-0.3, -0.25) is 13.9 Å². The van der Waals surface area contributed by atoms with Gasteiger partial charge in [-0.25, -0.2) is 8.42 Å². The van der Waals surface area contributed by atoms with Crippen LogP contribution >= 0.6 is 11.6 Å². The van der Waals surface area contributed by atoms with Crippen LogP contribution in [0.15, 0.2) is 77.7 Å². The lowest BCUT2D eigenvalue weighted by molar-refractivity contribution is -0.139. The number of sulfonamides is 1. The van der Waals surface area contributed by atoms with Crippen molar-refractivity contribution in [3.05, 3.63) is 88.9 Å². The predicted octanol–water partition coefficient (Wildman–Crippen LogP) is 4.41. The highest BCUT2D eigenvalue weighted by Gasteiger charge is 2.32. The summed E-state index contributed by atoms with van der Waals surface area (Å²) in [5, 5.41) is 3.27. The molecule has 0 saturated carbocycles. The van der Waals surface area contributed by atoms with Gasteiger partial charge in [-0.2, -0.15) is 0 Å². The highest BCUT2D eigenvalue weighted by molar-refractivity contribution is 7.92. The number of hydrogen-bond acceptors (Lipinski definition) is 5. The van der Waals surface area contributed by atoms with Crippen LogP contribution in [0.2, 0.25) is 5.02 Å². The number of carbonyl (C=O) groups is 2. The molecule has 0 aliphatic rings. The number of amides is 2. The Morgan fingerprint density at radius 1 is 1.03 bits per heavy atom. The van der Waals surface area contributed by atoms with Crippen LogP contribution in [-0.4, -0.2) is 51.4 Å². The Morgan fingerprint density at radius 3 is 2.29 bits per heavy atom. The summed E-state index contributed by atoms with van der Waals surface area (Å²) in [6, 6.07) is 18.9. The van der Waals surface area contributed by atoms with Crippen LogP contribution < -0.4 is 14.4 Å². The van der Waals surface area contributed by atoms with Crippen molar-refractivity contribution in [3.8, 4) is 5.75 Å². The average molecular weight is 558 g/mol. The smallest absolute Gasteiger partial charge is 0.264 e. The maximum atomic E-state index is 13.8. The quantitative estimate of drug-likeness (QED) is 0.377. The molecule has 0 aliphatic carbocycles. The Labute approximate surface area is 229 Å². The first-order valence-electron chi connectivity index (χ1n) is 12.1. The molecule has 1 unspecified atom stereocenters. The van der Waals surface area contributed by atoms with Crippen molar-refractivity contribution in [2.75, 3.05) is 24.5 Å². The van der Waals surface area contributed by atoms with Gasteiger partial charge in [0.15, 0.2) is 0 Å². The molecule has 10 heteroatoms. The lowest BCUT2D eigenvalue weighted by Crippen LogP contribution is -2.51. The second-order valence-corrected chi connectivity index (χ2v) is 11.0. The minimum atomic E-state index is -4.15. The second kappa shape index (κ2) is 12.8. The summed E-state index contributed by atoms with van der Waals surface area (Å²) in [6.07, 6.45) is 0. The Bertz CT molecular complexity index is 1360. The van der Waals surface area contributed by atoms with Gasteiger partial charge in [-0.1, -0.05) is 47.5 Å². The Morgan fingerprint density at radius 2 is 1.68 bits per heavy atom. The molecular weight excluding hydrogens is 526 g/mol. The van der Waals surface area contributed by atoms with E-state index in [4.69, 9.17) is 16.3 Å². The molecule has 1 N–H and O–H groups in total. The molecule has 2 amide bonds. The van der Waals surface area contributed by atoms with E-state index in [-0.39, 0.29) is 23.0 Å². The Hall–Kier alpha value is -3.56. The number of halogens is 1. The van der Waals surface area contributed by atoms with Gasteiger partial charge in [0, 0.05) is 24.2 Å². The molecule has 0 fully saturated rings. The first kappa shape index (κ1) is 29.0. The van der Waals surface area contributed by atoms with Crippen LogP contribution in [-0.2, 0) is 26.2 Å². The fourth-order valence-corrected chi connectivity index (χ4v) is 5.35. The largest absolute Gasteiger partial charge is 0.497 e. The lowest BCUT2D eigenvalue weighted by atomic mass is 10.1. The van der Waals surface area contributed by atoms with Crippen LogP contribution in [0.5, 0.6) is 5.75 Å². The van der Waals surface area contributed by atoms with Crippen molar-refractivity contribution in [2.24, 2.45) is 0 Å². The van der Waals surface area contributed by atoms with Crippen molar-refractivity contribution in [1.29, 1.82) is 0 Å². The van der Waals surface area contributed by atoms with Crippen LogP contribution in [0.4, 0.5) is 5.69 Å². The standard InChI is InChI=1S/C28H32ClN3O5S/c1-5-30-28(34)21(3)31(18-22-11-13-23(29)14-12-22)27(33)19-32(24-7-6-8-25(17-24)37-4)38(35,36)26-15-9-20(2)10-16-26/h6-17,21H,5,18-19H2,1-4H3,(H,30,34). The number of rotatable bonds is 11. The molecule has 0 radical (unpaired) electrons. The number of carbonyl (C=O) groups excluding carboxylic acids is 2. The van der Waals surface area contributed by atoms with Crippen LogP contribution in [0, 0.1) is 6.92 Å². The van der Waals surface area contributed by atoms with E-state index in [0.717, 1.165) is 15.4 Å². The molecular formula is C28H32ClN3O5S. The second-order valence-electron chi connectivity index (χ2n) is 8.74. The van der Waals surface area contributed by atoms with E-state index in [2.05, 4.69) is 5.32 Å². The minimum absolute atomic E-state index is 0.0414. The van der Waals surface area contributed by atoms with Gasteiger partial charge >= 0.3 is 0 Å². The van der Waals surface area contributed by atoms with Crippen LogP contribution in [0.1, 0.15) is 25.0 Å². The molecule has 1 atom stereocenters. The Kier molecular flexibility index (Phi) is 9.77. The SMILES string of the molecule is CCNC(=O)C(C)N(Cc1ccc(Cl)cc1)C(=O)CN(c1cccc(OC)c1)S(=O)(=O)c1ccc(C)cc1. The molecule has 8 nitrogen and oxygen atoms in total. The molecule has 0 aromatic heterocycles. The molecule has 202 valence electrons. The van der Waals surface area contributed by atoms with E-state index in [9.17, 15) is 18.0 Å². The molecule has 3 aromatic carbocycles. The van der Waals surface area contributed by atoms with E-state index in [1.165, 1.54) is 24.1 Å². The molecule has 0 bridgehead atoms. The topological polar surface area (TPSA) is 96.0 Å². The van der Waals surface area contributed by atoms with Gasteiger partial charge in [0.2, 0.25) is 11.8 Å². The van der Waals surface area contributed by atoms with E-state index in [1.807, 2.05) is 6.92 Å². The van der Waals surface area contributed by atoms with Crippen molar-refractivity contribution in [1.82, 2.24) is 10.2 Å². The first-order chi connectivity index (χ1) is 18.1. The van der Waals surface area contributed by atoms with Gasteiger partial charge in [0.25, 0.3) is 10.0 Å². The number of likely N-dealkylation sites (N-methyl/N-ethyl adjacent to an activating group) is 1. The highest BCUT2D eigenvalue weighted by Crippen LogP contribution is 2.28. The fourth-order valence-electron chi connectivity index (χ4n) is 3.82. The number of ether oxygens (including phenoxy) is 1. The number of aryl methyl sites for hydroxylation is 1. The van der Waals surface area contributed by atoms with Crippen molar-refractivity contribution >= 4 is 39.1 Å². The van der Waals surface area contributed by atoms with Crippen molar-refractivity contribution in [2.45, 2.75) is 38.3 Å². The molecule has 0 aliphatic heterocycles. The van der Waals surface area contributed by atoms with Gasteiger partial charge in [-0.05, 0) is 62.7 Å². The third-order valence-electron chi connectivity index (χ3n) is 6.01. The highest BCUT2D eigenvalue weighted by atomic mass is 35.5. The molecule has 0 saturated heterocycles.